The number of benzene rings is 2. The van der Waals surface area contributed by atoms with Crippen LogP contribution in [0.4, 0.5) is 10.1 Å². The van der Waals surface area contributed by atoms with E-state index in [4.69, 9.17) is 10.5 Å². The molecular formula is C15H10BrFN2O. The molecule has 0 aliphatic heterocycles. The predicted molar refractivity (Wildman–Crippen MR) is 80.3 cm³/mol. The van der Waals surface area contributed by atoms with E-state index in [9.17, 15) is 4.39 Å². The van der Waals surface area contributed by atoms with Crippen LogP contribution in [-0.4, -0.2) is 4.98 Å². The fraction of sp³-hybridized carbons (Fsp3) is 0. The summed E-state index contributed by atoms with van der Waals surface area (Å²) in [7, 11) is 0. The first-order valence-electron chi connectivity index (χ1n) is 5.90. The van der Waals surface area contributed by atoms with E-state index in [0.717, 1.165) is 9.86 Å². The molecule has 0 bridgehead atoms. The zero-order chi connectivity index (χ0) is 14.1. The van der Waals surface area contributed by atoms with E-state index in [2.05, 4.69) is 20.9 Å². The van der Waals surface area contributed by atoms with Gasteiger partial charge in [0, 0.05) is 27.8 Å². The molecule has 20 heavy (non-hydrogen) atoms. The Morgan fingerprint density at radius 2 is 2.00 bits per heavy atom. The van der Waals surface area contributed by atoms with Crippen molar-refractivity contribution in [2.75, 3.05) is 5.73 Å². The number of nitrogen functional groups attached to an aromatic ring is 1. The Bertz CT molecular complexity index is 792. The molecule has 0 amide bonds. The van der Waals surface area contributed by atoms with Crippen molar-refractivity contribution in [2.45, 2.75) is 0 Å². The number of pyridine rings is 1. The maximum atomic E-state index is 13.2. The first kappa shape index (κ1) is 12.9. The zero-order valence-corrected chi connectivity index (χ0v) is 11.9. The minimum Gasteiger partial charge on any atom is -0.455 e. The van der Waals surface area contributed by atoms with Crippen molar-refractivity contribution < 1.29 is 9.13 Å². The number of rotatable bonds is 2. The lowest BCUT2D eigenvalue weighted by Crippen LogP contribution is -1.93. The van der Waals surface area contributed by atoms with Gasteiger partial charge in [-0.05, 0) is 46.3 Å². The van der Waals surface area contributed by atoms with Crippen LogP contribution in [0.3, 0.4) is 0 Å². The molecule has 0 saturated carbocycles. The number of aromatic nitrogens is 1. The number of nitrogens with two attached hydrogens (primary N) is 1. The third-order valence-corrected chi connectivity index (χ3v) is 3.27. The molecule has 3 aromatic rings. The van der Waals surface area contributed by atoms with Gasteiger partial charge in [0.05, 0.1) is 0 Å². The third-order valence-electron chi connectivity index (χ3n) is 2.84. The van der Waals surface area contributed by atoms with E-state index in [0.29, 0.717) is 22.7 Å². The summed E-state index contributed by atoms with van der Waals surface area (Å²) in [6.45, 7) is 0. The van der Waals surface area contributed by atoms with Gasteiger partial charge < -0.3 is 10.5 Å². The molecule has 1 aromatic heterocycles. The highest BCUT2D eigenvalue weighted by Gasteiger charge is 2.08. The van der Waals surface area contributed by atoms with E-state index in [1.165, 1.54) is 12.1 Å². The summed E-state index contributed by atoms with van der Waals surface area (Å²) in [5.74, 6) is 0.603. The first-order valence-corrected chi connectivity index (χ1v) is 6.70. The molecule has 0 aliphatic rings. The number of nitrogens with zero attached hydrogens (tertiary/aromatic N) is 1. The van der Waals surface area contributed by atoms with E-state index >= 15 is 0 Å². The molecule has 2 N–H and O–H groups in total. The molecule has 0 fully saturated rings. The number of halogens is 2. The smallest absolute Gasteiger partial charge is 0.153 e. The van der Waals surface area contributed by atoms with Crippen molar-refractivity contribution in [3.63, 3.8) is 0 Å². The highest BCUT2D eigenvalue weighted by Crippen LogP contribution is 2.33. The molecular weight excluding hydrogens is 323 g/mol. The lowest BCUT2D eigenvalue weighted by molar-refractivity contribution is 0.481. The van der Waals surface area contributed by atoms with Gasteiger partial charge in [-0.15, -0.1) is 0 Å². The molecule has 0 spiro atoms. The van der Waals surface area contributed by atoms with E-state index in [-0.39, 0.29) is 5.82 Å². The van der Waals surface area contributed by atoms with Crippen molar-refractivity contribution in [1.29, 1.82) is 0 Å². The lowest BCUT2D eigenvalue weighted by atomic mass is 10.1. The van der Waals surface area contributed by atoms with Gasteiger partial charge in [-0.3, -0.25) is 4.98 Å². The Kier molecular flexibility index (Phi) is 3.28. The van der Waals surface area contributed by atoms with Crippen molar-refractivity contribution in [1.82, 2.24) is 4.98 Å². The number of fused-ring (bicyclic) bond motifs is 1. The fourth-order valence-corrected chi connectivity index (χ4v) is 2.26. The Morgan fingerprint density at radius 3 is 2.80 bits per heavy atom. The number of ether oxygens (including phenoxy) is 1. The molecule has 100 valence electrons. The number of hydrogen-bond acceptors (Lipinski definition) is 3. The Hall–Kier alpha value is -2.14. The second-order valence-corrected chi connectivity index (χ2v) is 5.18. The van der Waals surface area contributed by atoms with Crippen LogP contribution in [0.1, 0.15) is 0 Å². The largest absolute Gasteiger partial charge is 0.455 e. The zero-order valence-electron chi connectivity index (χ0n) is 10.3. The lowest BCUT2D eigenvalue weighted by Gasteiger charge is -2.10. The Morgan fingerprint density at radius 1 is 1.15 bits per heavy atom. The molecule has 0 aliphatic carbocycles. The Labute approximate surface area is 123 Å². The van der Waals surface area contributed by atoms with E-state index in [1.54, 1.807) is 30.5 Å². The van der Waals surface area contributed by atoms with Crippen LogP contribution >= 0.6 is 15.9 Å². The highest BCUT2D eigenvalue weighted by atomic mass is 79.9. The summed E-state index contributed by atoms with van der Waals surface area (Å²) in [5.41, 5.74) is 7.18. The third kappa shape index (κ3) is 2.44. The molecule has 5 heteroatoms. The molecule has 0 radical (unpaired) electrons. The molecule has 1 heterocycles. The van der Waals surface area contributed by atoms with Crippen LogP contribution in [-0.2, 0) is 0 Å². The fourth-order valence-electron chi connectivity index (χ4n) is 1.93. The minimum atomic E-state index is -0.349. The topological polar surface area (TPSA) is 48.1 Å². The van der Waals surface area contributed by atoms with Crippen LogP contribution in [0.2, 0.25) is 0 Å². The second-order valence-electron chi connectivity index (χ2n) is 4.26. The van der Waals surface area contributed by atoms with Gasteiger partial charge in [0.25, 0.3) is 0 Å². The van der Waals surface area contributed by atoms with Gasteiger partial charge in [0.2, 0.25) is 0 Å². The average Bonchev–Trinajstić information content (AvgIpc) is 2.42. The number of anilines is 1. The van der Waals surface area contributed by atoms with E-state index < -0.39 is 0 Å². The summed E-state index contributed by atoms with van der Waals surface area (Å²) in [5, 5.41) is 0.785. The van der Waals surface area contributed by atoms with Gasteiger partial charge in [-0.1, -0.05) is 6.07 Å². The van der Waals surface area contributed by atoms with Crippen molar-refractivity contribution in [2.24, 2.45) is 0 Å². The summed E-state index contributed by atoms with van der Waals surface area (Å²) in [4.78, 5) is 4.31. The van der Waals surface area contributed by atoms with Crippen LogP contribution < -0.4 is 10.5 Å². The van der Waals surface area contributed by atoms with Gasteiger partial charge >= 0.3 is 0 Å². The second kappa shape index (κ2) is 5.09. The first-order chi connectivity index (χ1) is 9.63. The molecule has 0 saturated heterocycles. The van der Waals surface area contributed by atoms with Gasteiger partial charge in [-0.25, -0.2) is 4.39 Å². The van der Waals surface area contributed by atoms with Gasteiger partial charge in [-0.2, -0.15) is 0 Å². The van der Waals surface area contributed by atoms with Gasteiger partial charge in [0.1, 0.15) is 17.1 Å². The van der Waals surface area contributed by atoms with Crippen LogP contribution in [0.15, 0.2) is 53.1 Å². The minimum absolute atomic E-state index is 0.349. The van der Waals surface area contributed by atoms with Crippen LogP contribution in [0.5, 0.6) is 11.5 Å². The summed E-state index contributed by atoms with van der Waals surface area (Å²) in [6, 6.07) is 11.3. The van der Waals surface area contributed by atoms with Crippen molar-refractivity contribution >= 4 is 32.5 Å². The molecule has 3 nitrogen and oxygen atoms in total. The van der Waals surface area contributed by atoms with Crippen LogP contribution in [0, 0.1) is 5.82 Å². The summed E-state index contributed by atoms with van der Waals surface area (Å²) >= 11 is 3.36. The predicted octanol–water partition coefficient (Wildman–Crippen LogP) is 4.51. The summed E-state index contributed by atoms with van der Waals surface area (Å²) < 4.78 is 19.7. The maximum Gasteiger partial charge on any atom is 0.153 e. The maximum absolute atomic E-state index is 13.2. The van der Waals surface area contributed by atoms with Crippen LogP contribution in [0.25, 0.3) is 10.9 Å². The normalized spacial score (nSPS) is 10.7. The van der Waals surface area contributed by atoms with Gasteiger partial charge in [0.15, 0.2) is 5.75 Å². The summed E-state index contributed by atoms with van der Waals surface area (Å²) in [6.07, 6.45) is 1.67. The van der Waals surface area contributed by atoms with E-state index in [1.807, 2.05) is 6.07 Å². The molecule has 3 rings (SSSR count). The quantitative estimate of drug-likeness (QED) is 0.702. The molecule has 0 atom stereocenters. The molecule has 0 unspecified atom stereocenters. The Balaban J connectivity index is 2.10. The average molecular weight is 333 g/mol. The van der Waals surface area contributed by atoms with Crippen molar-refractivity contribution in [3.05, 3.63) is 59.0 Å². The standard InChI is InChI=1S/C15H10BrFN2O/c16-9-6-12-13(18)4-5-14(15(12)19-8-9)20-11-3-1-2-10(17)7-11/h1-8H,18H2. The number of hydrogen-bond donors (Lipinski definition) is 1. The monoisotopic (exact) mass is 332 g/mol. The van der Waals surface area contributed by atoms with Crippen molar-refractivity contribution in [3.8, 4) is 11.5 Å². The SMILES string of the molecule is Nc1ccc(Oc2cccc(F)c2)c2ncc(Br)cc12. The highest BCUT2D eigenvalue weighted by molar-refractivity contribution is 9.10. The molecule has 2 aromatic carbocycles.